The van der Waals surface area contributed by atoms with Gasteiger partial charge in [0.15, 0.2) is 5.11 Å². The van der Waals surface area contributed by atoms with Crippen LogP contribution in [0.15, 0.2) is 40.9 Å². The fraction of sp³-hybridized carbons (Fsp3) is 0.125. The Bertz CT molecular complexity index is 732. The van der Waals surface area contributed by atoms with Crippen LogP contribution in [0.1, 0.15) is 21.5 Å². The monoisotopic (exact) mass is 396 g/mol. The van der Waals surface area contributed by atoms with Crippen LogP contribution in [-0.2, 0) is 0 Å². The average molecular weight is 398 g/mol. The van der Waals surface area contributed by atoms with Gasteiger partial charge in [0, 0.05) is 15.1 Å². The number of rotatable bonds is 2. The molecule has 0 unspecified atom stereocenters. The molecule has 0 aliphatic carbocycles. The molecule has 0 bridgehead atoms. The maximum absolute atomic E-state index is 12.1. The van der Waals surface area contributed by atoms with Crippen LogP contribution in [-0.4, -0.2) is 11.0 Å². The second-order valence-corrected chi connectivity index (χ2v) is 6.53. The van der Waals surface area contributed by atoms with Crippen LogP contribution >= 0.6 is 39.7 Å². The Balaban J connectivity index is 2.05. The molecule has 0 aromatic heterocycles. The topological polar surface area (TPSA) is 41.1 Å². The molecule has 6 heteroatoms. The highest BCUT2D eigenvalue weighted by atomic mass is 79.9. The summed E-state index contributed by atoms with van der Waals surface area (Å²) >= 11 is 14.5. The third-order valence-corrected chi connectivity index (χ3v) is 4.28. The Kier molecular flexibility index (Phi) is 5.56. The van der Waals surface area contributed by atoms with Crippen LogP contribution in [0, 0.1) is 13.8 Å². The first-order chi connectivity index (χ1) is 10.4. The molecular weight excluding hydrogens is 384 g/mol. The van der Waals surface area contributed by atoms with Crippen molar-refractivity contribution in [3.05, 3.63) is 62.6 Å². The minimum Gasteiger partial charge on any atom is -0.331 e. The first-order valence-electron chi connectivity index (χ1n) is 6.51. The van der Waals surface area contributed by atoms with E-state index in [1.807, 2.05) is 26.0 Å². The van der Waals surface area contributed by atoms with E-state index >= 15 is 0 Å². The van der Waals surface area contributed by atoms with Crippen molar-refractivity contribution in [1.29, 1.82) is 0 Å². The lowest BCUT2D eigenvalue weighted by atomic mass is 10.1. The highest BCUT2D eigenvalue weighted by Crippen LogP contribution is 2.26. The third kappa shape index (κ3) is 4.29. The maximum Gasteiger partial charge on any atom is 0.257 e. The largest absolute Gasteiger partial charge is 0.331 e. The van der Waals surface area contributed by atoms with Crippen LogP contribution in [0.3, 0.4) is 0 Å². The Morgan fingerprint density at radius 1 is 1.14 bits per heavy atom. The van der Waals surface area contributed by atoms with Gasteiger partial charge in [0.1, 0.15) is 0 Å². The van der Waals surface area contributed by atoms with Gasteiger partial charge in [-0.1, -0.05) is 11.6 Å². The lowest BCUT2D eigenvalue weighted by Gasteiger charge is -2.13. The van der Waals surface area contributed by atoms with E-state index < -0.39 is 0 Å². The molecule has 2 N–H and O–H groups in total. The van der Waals surface area contributed by atoms with E-state index in [9.17, 15) is 4.79 Å². The van der Waals surface area contributed by atoms with E-state index in [1.165, 1.54) is 5.56 Å². The smallest absolute Gasteiger partial charge is 0.257 e. The van der Waals surface area contributed by atoms with Crippen molar-refractivity contribution in [2.45, 2.75) is 13.8 Å². The fourth-order valence-electron chi connectivity index (χ4n) is 1.81. The van der Waals surface area contributed by atoms with Crippen LogP contribution in [0.2, 0.25) is 5.02 Å². The molecule has 2 rings (SSSR count). The molecule has 0 aliphatic rings. The van der Waals surface area contributed by atoms with E-state index in [4.69, 9.17) is 23.8 Å². The molecule has 2 aromatic rings. The number of hydrogen-bond acceptors (Lipinski definition) is 2. The summed E-state index contributed by atoms with van der Waals surface area (Å²) in [5.41, 5.74) is 3.61. The molecule has 114 valence electrons. The highest BCUT2D eigenvalue weighted by Gasteiger charge is 2.10. The first-order valence-corrected chi connectivity index (χ1v) is 8.09. The van der Waals surface area contributed by atoms with Crippen molar-refractivity contribution < 1.29 is 4.79 Å². The SMILES string of the molecule is Cc1cc(Br)c(NC(=S)NC(=O)c2ccc(Cl)cc2)cc1C. The van der Waals surface area contributed by atoms with Gasteiger partial charge in [-0.2, -0.15) is 0 Å². The second kappa shape index (κ2) is 7.22. The van der Waals surface area contributed by atoms with Gasteiger partial charge in [0.2, 0.25) is 0 Å². The van der Waals surface area contributed by atoms with Crippen LogP contribution < -0.4 is 10.6 Å². The number of nitrogens with one attached hydrogen (secondary N) is 2. The average Bonchev–Trinajstić information content (AvgIpc) is 2.45. The number of amides is 1. The quantitative estimate of drug-likeness (QED) is 0.712. The van der Waals surface area contributed by atoms with Crippen LogP contribution in [0.5, 0.6) is 0 Å². The standard InChI is InChI=1S/C16H14BrClN2OS/c1-9-7-13(17)14(8-10(9)2)19-16(22)20-15(21)11-3-5-12(18)6-4-11/h3-8H,1-2H3,(H2,19,20,21,22). The number of carbonyl (C=O) groups excluding carboxylic acids is 1. The Morgan fingerprint density at radius 3 is 2.36 bits per heavy atom. The molecule has 0 saturated heterocycles. The van der Waals surface area contributed by atoms with Gasteiger partial charge in [-0.3, -0.25) is 10.1 Å². The van der Waals surface area contributed by atoms with Gasteiger partial charge in [0.25, 0.3) is 5.91 Å². The lowest BCUT2D eigenvalue weighted by Crippen LogP contribution is -2.34. The zero-order valence-electron chi connectivity index (χ0n) is 12.0. The van der Waals surface area contributed by atoms with E-state index in [0.717, 1.165) is 15.7 Å². The number of hydrogen-bond donors (Lipinski definition) is 2. The lowest BCUT2D eigenvalue weighted by molar-refractivity contribution is 0.0978. The molecule has 0 aliphatic heterocycles. The predicted molar refractivity (Wildman–Crippen MR) is 98.8 cm³/mol. The maximum atomic E-state index is 12.1. The van der Waals surface area contributed by atoms with E-state index in [1.54, 1.807) is 24.3 Å². The number of benzene rings is 2. The summed E-state index contributed by atoms with van der Waals surface area (Å²) in [6.45, 7) is 4.05. The molecule has 0 spiro atoms. The molecule has 0 saturated carbocycles. The third-order valence-electron chi connectivity index (χ3n) is 3.17. The number of thiocarbonyl (C=S) groups is 1. The summed E-state index contributed by atoms with van der Waals surface area (Å²) in [6.07, 6.45) is 0. The zero-order chi connectivity index (χ0) is 16.3. The first kappa shape index (κ1) is 16.9. The van der Waals surface area contributed by atoms with E-state index in [2.05, 4.69) is 26.6 Å². The Morgan fingerprint density at radius 2 is 1.73 bits per heavy atom. The van der Waals surface area contributed by atoms with Crippen molar-refractivity contribution in [2.24, 2.45) is 0 Å². The van der Waals surface area contributed by atoms with Gasteiger partial charge in [-0.15, -0.1) is 0 Å². The summed E-state index contributed by atoms with van der Waals surface area (Å²) < 4.78 is 0.888. The van der Waals surface area contributed by atoms with Crippen molar-refractivity contribution in [3.63, 3.8) is 0 Å². The predicted octanol–water partition coefficient (Wildman–Crippen LogP) is 4.85. The summed E-state index contributed by atoms with van der Waals surface area (Å²) in [6, 6.07) is 10.6. The molecule has 0 heterocycles. The molecule has 0 atom stereocenters. The second-order valence-electron chi connectivity index (χ2n) is 4.83. The Labute approximate surface area is 148 Å². The number of aryl methyl sites for hydroxylation is 2. The number of halogens is 2. The molecule has 1 amide bonds. The van der Waals surface area contributed by atoms with Gasteiger partial charge >= 0.3 is 0 Å². The van der Waals surface area contributed by atoms with Crippen LogP contribution in [0.4, 0.5) is 5.69 Å². The molecular formula is C16H14BrClN2OS. The molecule has 0 radical (unpaired) electrons. The van der Waals surface area contributed by atoms with Crippen molar-refractivity contribution in [3.8, 4) is 0 Å². The summed E-state index contributed by atoms with van der Waals surface area (Å²) in [5, 5.41) is 6.48. The molecule has 3 nitrogen and oxygen atoms in total. The van der Waals surface area contributed by atoms with E-state index in [0.29, 0.717) is 10.6 Å². The van der Waals surface area contributed by atoms with E-state index in [-0.39, 0.29) is 11.0 Å². The van der Waals surface area contributed by atoms with Gasteiger partial charge < -0.3 is 5.32 Å². The molecule has 0 fully saturated rings. The van der Waals surface area contributed by atoms with Crippen LogP contribution in [0.25, 0.3) is 0 Å². The molecule has 2 aromatic carbocycles. The molecule has 22 heavy (non-hydrogen) atoms. The number of anilines is 1. The Hall–Kier alpha value is -1.43. The summed E-state index contributed by atoms with van der Waals surface area (Å²) in [5.74, 6) is -0.283. The summed E-state index contributed by atoms with van der Waals surface area (Å²) in [4.78, 5) is 12.1. The van der Waals surface area contributed by atoms with Crippen molar-refractivity contribution >= 4 is 56.5 Å². The number of carbonyl (C=O) groups is 1. The van der Waals surface area contributed by atoms with Gasteiger partial charge in [0.05, 0.1) is 5.69 Å². The summed E-state index contributed by atoms with van der Waals surface area (Å²) in [7, 11) is 0. The minimum absolute atomic E-state index is 0.240. The highest BCUT2D eigenvalue weighted by molar-refractivity contribution is 9.10. The van der Waals surface area contributed by atoms with Crippen molar-refractivity contribution in [2.75, 3.05) is 5.32 Å². The normalized spacial score (nSPS) is 10.2. The van der Waals surface area contributed by atoms with Gasteiger partial charge in [-0.05, 0) is 89.5 Å². The van der Waals surface area contributed by atoms with Gasteiger partial charge in [-0.25, -0.2) is 0 Å². The minimum atomic E-state index is -0.283. The zero-order valence-corrected chi connectivity index (χ0v) is 15.2. The fourth-order valence-corrected chi connectivity index (χ4v) is 2.69. The van der Waals surface area contributed by atoms with Crippen molar-refractivity contribution in [1.82, 2.24) is 5.32 Å².